The first-order valence-electron chi connectivity index (χ1n) is 4.68. The first-order chi connectivity index (χ1) is 6.79. The SMILES string of the molecule is CCCN(CCCl)C(=O)c1cccs1. The van der Waals surface area contributed by atoms with E-state index in [9.17, 15) is 4.79 Å². The van der Waals surface area contributed by atoms with Gasteiger partial charge in [0.05, 0.1) is 4.88 Å². The third-order valence-corrected chi connectivity index (χ3v) is 2.89. The molecule has 1 heterocycles. The van der Waals surface area contributed by atoms with E-state index >= 15 is 0 Å². The zero-order valence-corrected chi connectivity index (χ0v) is 9.77. The van der Waals surface area contributed by atoms with Crippen LogP contribution in [0.1, 0.15) is 23.0 Å². The van der Waals surface area contributed by atoms with Gasteiger partial charge in [-0.3, -0.25) is 4.79 Å². The molecule has 1 amide bonds. The number of carbonyl (C=O) groups is 1. The number of halogens is 1. The molecule has 4 heteroatoms. The molecule has 0 saturated carbocycles. The molecule has 0 fully saturated rings. The molecule has 78 valence electrons. The Bertz CT molecular complexity index is 268. The van der Waals surface area contributed by atoms with E-state index in [1.165, 1.54) is 11.3 Å². The number of alkyl halides is 1. The van der Waals surface area contributed by atoms with Crippen molar-refractivity contribution in [3.63, 3.8) is 0 Å². The number of amides is 1. The monoisotopic (exact) mass is 231 g/mol. The molecule has 0 aliphatic heterocycles. The highest BCUT2D eigenvalue weighted by Gasteiger charge is 2.14. The zero-order chi connectivity index (χ0) is 10.4. The van der Waals surface area contributed by atoms with Crippen LogP contribution in [0.15, 0.2) is 17.5 Å². The highest BCUT2D eigenvalue weighted by molar-refractivity contribution is 7.12. The van der Waals surface area contributed by atoms with Crippen LogP contribution in [0.2, 0.25) is 0 Å². The largest absolute Gasteiger partial charge is 0.337 e. The maximum absolute atomic E-state index is 11.9. The van der Waals surface area contributed by atoms with Gasteiger partial charge in [0.25, 0.3) is 5.91 Å². The molecule has 0 bridgehead atoms. The Hall–Kier alpha value is -0.540. The first-order valence-corrected chi connectivity index (χ1v) is 6.09. The van der Waals surface area contributed by atoms with Crippen LogP contribution in [0.3, 0.4) is 0 Å². The van der Waals surface area contributed by atoms with Crippen LogP contribution in [0, 0.1) is 0 Å². The first kappa shape index (κ1) is 11.5. The Morgan fingerprint density at radius 2 is 2.36 bits per heavy atom. The molecule has 0 aliphatic carbocycles. The smallest absolute Gasteiger partial charge is 0.263 e. The van der Waals surface area contributed by atoms with Crippen LogP contribution in [-0.2, 0) is 0 Å². The fourth-order valence-corrected chi connectivity index (χ4v) is 2.14. The van der Waals surface area contributed by atoms with E-state index in [-0.39, 0.29) is 5.91 Å². The van der Waals surface area contributed by atoms with Crippen molar-refractivity contribution in [3.05, 3.63) is 22.4 Å². The van der Waals surface area contributed by atoms with Gasteiger partial charge in [-0.25, -0.2) is 0 Å². The molecule has 0 N–H and O–H groups in total. The van der Waals surface area contributed by atoms with Gasteiger partial charge in [-0.05, 0) is 17.9 Å². The van der Waals surface area contributed by atoms with E-state index in [0.717, 1.165) is 17.8 Å². The quantitative estimate of drug-likeness (QED) is 0.714. The van der Waals surface area contributed by atoms with Gasteiger partial charge < -0.3 is 4.90 Å². The fraction of sp³-hybridized carbons (Fsp3) is 0.500. The molecule has 1 aromatic heterocycles. The van der Waals surface area contributed by atoms with Crippen molar-refractivity contribution in [2.24, 2.45) is 0 Å². The molecule has 0 saturated heterocycles. The number of carbonyl (C=O) groups excluding carboxylic acids is 1. The van der Waals surface area contributed by atoms with Crippen molar-refractivity contribution >= 4 is 28.8 Å². The van der Waals surface area contributed by atoms with Crippen LogP contribution >= 0.6 is 22.9 Å². The number of hydrogen-bond acceptors (Lipinski definition) is 2. The summed E-state index contributed by atoms with van der Waals surface area (Å²) in [5.41, 5.74) is 0. The summed E-state index contributed by atoms with van der Waals surface area (Å²) in [6.45, 7) is 3.47. The Morgan fingerprint density at radius 3 is 2.86 bits per heavy atom. The lowest BCUT2D eigenvalue weighted by Gasteiger charge is -2.19. The molecule has 0 aromatic carbocycles. The lowest BCUT2D eigenvalue weighted by molar-refractivity contribution is 0.0770. The van der Waals surface area contributed by atoms with Crippen molar-refractivity contribution in [3.8, 4) is 0 Å². The van der Waals surface area contributed by atoms with E-state index in [1.54, 1.807) is 4.90 Å². The highest BCUT2D eigenvalue weighted by Crippen LogP contribution is 2.12. The van der Waals surface area contributed by atoms with Gasteiger partial charge in [0, 0.05) is 19.0 Å². The van der Waals surface area contributed by atoms with Crippen LogP contribution in [0.5, 0.6) is 0 Å². The number of thiophene rings is 1. The van der Waals surface area contributed by atoms with E-state index < -0.39 is 0 Å². The second-order valence-electron chi connectivity index (χ2n) is 2.96. The number of hydrogen-bond donors (Lipinski definition) is 0. The summed E-state index contributed by atoms with van der Waals surface area (Å²) in [5, 5.41) is 1.91. The maximum Gasteiger partial charge on any atom is 0.263 e. The standard InChI is InChI=1S/C10H14ClNOS/c1-2-6-12(7-5-11)10(13)9-4-3-8-14-9/h3-4,8H,2,5-7H2,1H3. The van der Waals surface area contributed by atoms with Crippen molar-refractivity contribution in [2.75, 3.05) is 19.0 Å². The van der Waals surface area contributed by atoms with E-state index in [2.05, 4.69) is 6.92 Å². The summed E-state index contributed by atoms with van der Waals surface area (Å²) in [6.07, 6.45) is 0.966. The Balaban J connectivity index is 2.63. The summed E-state index contributed by atoms with van der Waals surface area (Å²) >= 11 is 7.12. The van der Waals surface area contributed by atoms with E-state index in [4.69, 9.17) is 11.6 Å². The maximum atomic E-state index is 11.9. The molecular formula is C10H14ClNOS. The molecule has 2 nitrogen and oxygen atoms in total. The predicted molar refractivity (Wildman–Crippen MR) is 61.2 cm³/mol. The molecule has 0 spiro atoms. The second kappa shape index (κ2) is 6.04. The molecule has 1 aromatic rings. The predicted octanol–water partition coefficient (Wildman–Crippen LogP) is 2.84. The van der Waals surface area contributed by atoms with Gasteiger partial charge >= 0.3 is 0 Å². The van der Waals surface area contributed by atoms with Crippen molar-refractivity contribution < 1.29 is 4.79 Å². The summed E-state index contributed by atoms with van der Waals surface area (Å²) in [5.74, 6) is 0.597. The van der Waals surface area contributed by atoms with E-state index in [1.807, 2.05) is 17.5 Å². The minimum absolute atomic E-state index is 0.0995. The third kappa shape index (κ3) is 3.00. The summed E-state index contributed by atoms with van der Waals surface area (Å²) in [6, 6.07) is 3.74. The van der Waals surface area contributed by atoms with Crippen molar-refractivity contribution in [2.45, 2.75) is 13.3 Å². The Kier molecular flexibility index (Phi) is 4.98. The van der Waals surface area contributed by atoms with Gasteiger partial charge in [0.15, 0.2) is 0 Å². The minimum Gasteiger partial charge on any atom is -0.337 e. The van der Waals surface area contributed by atoms with Gasteiger partial charge in [-0.2, -0.15) is 0 Å². The second-order valence-corrected chi connectivity index (χ2v) is 4.28. The highest BCUT2D eigenvalue weighted by atomic mass is 35.5. The topological polar surface area (TPSA) is 20.3 Å². The summed E-state index contributed by atoms with van der Waals surface area (Å²) in [4.78, 5) is 14.5. The average molecular weight is 232 g/mol. The van der Waals surface area contributed by atoms with Gasteiger partial charge in [0.1, 0.15) is 0 Å². The van der Waals surface area contributed by atoms with Crippen molar-refractivity contribution in [1.82, 2.24) is 4.90 Å². The summed E-state index contributed by atoms with van der Waals surface area (Å²) < 4.78 is 0. The Morgan fingerprint density at radius 1 is 1.57 bits per heavy atom. The normalized spacial score (nSPS) is 10.1. The lowest BCUT2D eigenvalue weighted by atomic mass is 10.3. The zero-order valence-electron chi connectivity index (χ0n) is 8.20. The third-order valence-electron chi connectivity index (χ3n) is 1.87. The van der Waals surface area contributed by atoms with Crippen molar-refractivity contribution in [1.29, 1.82) is 0 Å². The molecule has 1 rings (SSSR count). The van der Waals surface area contributed by atoms with Crippen LogP contribution in [0.25, 0.3) is 0 Å². The molecule has 0 radical (unpaired) electrons. The van der Waals surface area contributed by atoms with Crippen LogP contribution in [-0.4, -0.2) is 29.8 Å². The Labute approximate surface area is 93.5 Å². The molecule has 14 heavy (non-hydrogen) atoms. The lowest BCUT2D eigenvalue weighted by Crippen LogP contribution is -2.32. The molecule has 0 unspecified atom stereocenters. The van der Waals surface area contributed by atoms with Gasteiger partial charge in [-0.15, -0.1) is 22.9 Å². The number of nitrogens with zero attached hydrogens (tertiary/aromatic N) is 1. The summed E-state index contributed by atoms with van der Waals surface area (Å²) in [7, 11) is 0. The fourth-order valence-electron chi connectivity index (χ4n) is 1.24. The number of rotatable bonds is 5. The molecule has 0 atom stereocenters. The molecular weight excluding hydrogens is 218 g/mol. The van der Waals surface area contributed by atoms with E-state index in [0.29, 0.717) is 12.4 Å². The van der Waals surface area contributed by atoms with Crippen LogP contribution in [0.4, 0.5) is 0 Å². The molecule has 0 aliphatic rings. The minimum atomic E-state index is 0.0995. The van der Waals surface area contributed by atoms with Gasteiger partial charge in [0.2, 0.25) is 0 Å². The van der Waals surface area contributed by atoms with Crippen LogP contribution < -0.4 is 0 Å². The average Bonchev–Trinajstić information content (AvgIpc) is 2.69. The van der Waals surface area contributed by atoms with Gasteiger partial charge in [-0.1, -0.05) is 13.0 Å².